The van der Waals surface area contributed by atoms with Crippen molar-refractivity contribution in [3.63, 3.8) is 0 Å². The molecule has 2 rings (SSSR count). The molecule has 0 radical (unpaired) electrons. The standard InChI is InChI=1S/C14H15BrF6N2.2ClH/c15-11-2-1-9(14(19,20)21)7-10(11)12(8-13(16,17)18)23-5-3-22-4-6-23;;/h1-2,7,12,22H,3-6,8H2;2*1H/t12-;;/m0../s1. The largest absolute Gasteiger partial charge is 0.416 e. The number of halogens is 9. The highest BCUT2D eigenvalue weighted by Gasteiger charge is 2.38. The Balaban J connectivity index is 0.00000288. The van der Waals surface area contributed by atoms with Crippen LogP contribution < -0.4 is 5.32 Å². The van der Waals surface area contributed by atoms with E-state index >= 15 is 0 Å². The summed E-state index contributed by atoms with van der Waals surface area (Å²) in [5, 5.41) is 3.02. The molecule has 0 aromatic heterocycles. The van der Waals surface area contributed by atoms with Crippen LogP contribution >= 0.6 is 40.7 Å². The molecule has 0 spiro atoms. The third-order valence-corrected chi connectivity index (χ3v) is 4.42. The first kappa shape index (κ1) is 24.8. The zero-order chi connectivity index (χ0) is 17.3. The molecule has 1 fully saturated rings. The minimum atomic E-state index is -4.60. The first-order valence-electron chi connectivity index (χ1n) is 6.96. The molecule has 0 bridgehead atoms. The van der Waals surface area contributed by atoms with Crippen LogP contribution in [0.5, 0.6) is 0 Å². The SMILES string of the molecule is Cl.Cl.FC(F)(F)C[C@@H](c1cc(C(F)(F)F)ccc1Br)N1CCNCC1. The monoisotopic (exact) mass is 476 g/mol. The Morgan fingerprint density at radius 2 is 1.60 bits per heavy atom. The van der Waals surface area contributed by atoms with Gasteiger partial charge in [0.1, 0.15) is 0 Å². The topological polar surface area (TPSA) is 15.3 Å². The molecule has 1 aliphatic rings. The number of nitrogens with zero attached hydrogens (tertiary/aromatic N) is 1. The normalized spacial score (nSPS) is 17.4. The van der Waals surface area contributed by atoms with Crippen LogP contribution in [0.25, 0.3) is 0 Å². The van der Waals surface area contributed by atoms with Crippen LogP contribution in [0.3, 0.4) is 0 Å². The highest BCUT2D eigenvalue weighted by atomic mass is 79.9. The maximum absolute atomic E-state index is 12.9. The summed E-state index contributed by atoms with van der Waals surface area (Å²) in [5.74, 6) is 0. The summed E-state index contributed by atoms with van der Waals surface area (Å²) in [7, 11) is 0. The fourth-order valence-electron chi connectivity index (χ4n) is 2.62. The van der Waals surface area contributed by atoms with Crippen LogP contribution in [0.1, 0.15) is 23.6 Å². The molecule has 1 saturated heterocycles. The fraction of sp³-hybridized carbons (Fsp3) is 0.571. The smallest absolute Gasteiger partial charge is 0.314 e. The zero-order valence-corrected chi connectivity index (χ0v) is 16.0. The summed E-state index contributed by atoms with van der Waals surface area (Å²) in [6, 6.07) is 1.68. The second-order valence-corrected chi connectivity index (χ2v) is 6.21. The van der Waals surface area contributed by atoms with Crippen LogP contribution in [0.4, 0.5) is 26.3 Å². The van der Waals surface area contributed by atoms with Crippen molar-refractivity contribution in [2.24, 2.45) is 0 Å². The summed E-state index contributed by atoms with van der Waals surface area (Å²) in [4.78, 5) is 1.57. The molecule has 1 heterocycles. The van der Waals surface area contributed by atoms with E-state index < -0.39 is 30.4 Å². The number of alkyl halides is 6. The van der Waals surface area contributed by atoms with Crippen molar-refractivity contribution < 1.29 is 26.3 Å². The summed E-state index contributed by atoms with van der Waals surface area (Å²) < 4.78 is 77.7. The van der Waals surface area contributed by atoms with Gasteiger partial charge >= 0.3 is 12.4 Å². The molecule has 1 aromatic carbocycles. The summed E-state index contributed by atoms with van der Waals surface area (Å²) >= 11 is 3.10. The van der Waals surface area contributed by atoms with Crippen molar-refractivity contribution in [1.29, 1.82) is 0 Å². The second-order valence-electron chi connectivity index (χ2n) is 5.36. The predicted octanol–water partition coefficient (Wildman–Crippen LogP) is 5.21. The number of hydrogen-bond acceptors (Lipinski definition) is 2. The number of nitrogens with one attached hydrogen (secondary N) is 1. The second kappa shape index (κ2) is 9.64. The van der Waals surface area contributed by atoms with Gasteiger partial charge in [0.25, 0.3) is 0 Å². The van der Waals surface area contributed by atoms with Gasteiger partial charge in [-0.3, -0.25) is 4.90 Å². The molecule has 1 N–H and O–H groups in total. The van der Waals surface area contributed by atoms with Crippen molar-refractivity contribution >= 4 is 40.7 Å². The molecule has 0 amide bonds. The molecule has 0 unspecified atom stereocenters. The quantitative estimate of drug-likeness (QED) is 0.601. The lowest BCUT2D eigenvalue weighted by Crippen LogP contribution is -2.46. The van der Waals surface area contributed by atoms with Crippen molar-refractivity contribution in [3.8, 4) is 0 Å². The van der Waals surface area contributed by atoms with Gasteiger partial charge in [0.15, 0.2) is 0 Å². The van der Waals surface area contributed by atoms with E-state index in [2.05, 4.69) is 21.2 Å². The first-order valence-corrected chi connectivity index (χ1v) is 7.75. The van der Waals surface area contributed by atoms with Gasteiger partial charge in [-0.2, -0.15) is 26.3 Å². The van der Waals surface area contributed by atoms with Crippen molar-refractivity contribution in [2.75, 3.05) is 26.2 Å². The van der Waals surface area contributed by atoms with Crippen molar-refractivity contribution in [2.45, 2.75) is 24.8 Å². The van der Waals surface area contributed by atoms with Crippen LogP contribution in [0.2, 0.25) is 0 Å². The highest BCUT2D eigenvalue weighted by molar-refractivity contribution is 9.10. The molecule has 1 atom stereocenters. The van der Waals surface area contributed by atoms with E-state index in [1.165, 1.54) is 0 Å². The fourth-order valence-corrected chi connectivity index (χ4v) is 3.14. The third kappa shape index (κ3) is 7.13. The lowest BCUT2D eigenvalue weighted by Gasteiger charge is -2.36. The molecular formula is C14H17BrCl2F6N2. The van der Waals surface area contributed by atoms with Gasteiger partial charge < -0.3 is 5.32 Å². The van der Waals surface area contributed by atoms with Crippen molar-refractivity contribution in [1.82, 2.24) is 10.2 Å². The Labute approximate surface area is 162 Å². The lowest BCUT2D eigenvalue weighted by molar-refractivity contribution is -0.148. The minimum absolute atomic E-state index is 0. The summed E-state index contributed by atoms with van der Waals surface area (Å²) in [6.45, 7) is 1.71. The van der Waals surface area contributed by atoms with E-state index in [9.17, 15) is 26.3 Å². The minimum Gasteiger partial charge on any atom is -0.314 e. The van der Waals surface area contributed by atoms with Crippen LogP contribution in [0, 0.1) is 0 Å². The maximum atomic E-state index is 12.9. The third-order valence-electron chi connectivity index (χ3n) is 3.70. The molecule has 0 aliphatic carbocycles. The molecular weight excluding hydrogens is 461 g/mol. The van der Waals surface area contributed by atoms with Gasteiger partial charge in [0.2, 0.25) is 0 Å². The van der Waals surface area contributed by atoms with Gasteiger partial charge in [-0.15, -0.1) is 24.8 Å². The Morgan fingerprint density at radius 3 is 2.08 bits per heavy atom. The van der Waals surface area contributed by atoms with Crippen LogP contribution in [0.15, 0.2) is 22.7 Å². The van der Waals surface area contributed by atoms with E-state index in [1.807, 2.05) is 0 Å². The van der Waals surface area contributed by atoms with E-state index in [0.717, 1.165) is 18.2 Å². The molecule has 1 aromatic rings. The molecule has 146 valence electrons. The van der Waals surface area contributed by atoms with Gasteiger partial charge in [0, 0.05) is 36.7 Å². The molecule has 25 heavy (non-hydrogen) atoms. The maximum Gasteiger partial charge on any atom is 0.416 e. The Hall–Kier alpha value is -0.220. The van der Waals surface area contributed by atoms with E-state index in [0.29, 0.717) is 26.2 Å². The Bertz CT molecular complexity index is 547. The summed E-state index contributed by atoms with van der Waals surface area (Å²) in [5.41, 5.74) is -0.933. The number of benzene rings is 1. The molecule has 11 heteroatoms. The van der Waals surface area contributed by atoms with Crippen molar-refractivity contribution in [3.05, 3.63) is 33.8 Å². The van der Waals surface area contributed by atoms with E-state index in [-0.39, 0.29) is 34.9 Å². The molecule has 2 nitrogen and oxygen atoms in total. The molecule has 1 aliphatic heterocycles. The van der Waals surface area contributed by atoms with Gasteiger partial charge in [-0.05, 0) is 23.8 Å². The van der Waals surface area contributed by atoms with Gasteiger partial charge in [-0.1, -0.05) is 15.9 Å². The van der Waals surface area contributed by atoms with E-state index in [1.54, 1.807) is 4.90 Å². The van der Waals surface area contributed by atoms with Gasteiger partial charge in [0.05, 0.1) is 12.0 Å². The highest BCUT2D eigenvalue weighted by Crippen LogP contribution is 2.40. The average molecular weight is 478 g/mol. The zero-order valence-electron chi connectivity index (χ0n) is 12.8. The summed E-state index contributed by atoms with van der Waals surface area (Å²) in [6.07, 6.45) is -10.3. The Morgan fingerprint density at radius 1 is 1.04 bits per heavy atom. The number of hydrogen-bond donors (Lipinski definition) is 1. The average Bonchev–Trinajstić information content (AvgIpc) is 2.44. The van der Waals surface area contributed by atoms with Crippen LogP contribution in [-0.2, 0) is 6.18 Å². The molecule has 0 saturated carbocycles. The first-order chi connectivity index (χ1) is 10.6. The number of piperazine rings is 1. The van der Waals surface area contributed by atoms with Crippen LogP contribution in [-0.4, -0.2) is 37.3 Å². The number of rotatable bonds is 3. The lowest BCUT2D eigenvalue weighted by atomic mass is 9.98. The van der Waals surface area contributed by atoms with Gasteiger partial charge in [-0.25, -0.2) is 0 Å². The Kier molecular flexibility index (Phi) is 9.55. The van der Waals surface area contributed by atoms with E-state index in [4.69, 9.17) is 0 Å². The predicted molar refractivity (Wildman–Crippen MR) is 91.5 cm³/mol.